The van der Waals surface area contributed by atoms with Gasteiger partial charge < -0.3 is 5.32 Å². The number of aliphatic imine (C=N–C) groups is 2. The van der Waals surface area contributed by atoms with Gasteiger partial charge >= 0.3 is 0 Å². The average molecular weight is 416 g/mol. The molecule has 1 N–H and O–H groups in total. The van der Waals surface area contributed by atoms with Crippen molar-refractivity contribution in [3.05, 3.63) is 78.6 Å². The molecule has 2 heterocycles. The molecule has 0 radical (unpaired) electrons. The largest absolute Gasteiger partial charge is 0.313 e. The predicted octanol–water partition coefficient (Wildman–Crippen LogP) is 4.70. The maximum absolute atomic E-state index is 12.8. The van der Waals surface area contributed by atoms with Gasteiger partial charge in [0.05, 0.1) is 23.0 Å². The minimum absolute atomic E-state index is 0.151. The highest BCUT2D eigenvalue weighted by molar-refractivity contribution is 7.99. The first kappa shape index (κ1) is 20.0. The Morgan fingerprint density at radius 2 is 1.60 bits per heavy atom. The van der Waals surface area contributed by atoms with Crippen LogP contribution < -0.4 is 5.32 Å². The molecule has 1 aliphatic heterocycles. The van der Waals surface area contributed by atoms with E-state index in [2.05, 4.69) is 22.2 Å². The Balaban J connectivity index is 1.66. The number of nitrogens with one attached hydrogen (secondary N) is 1. The third kappa shape index (κ3) is 4.63. The van der Waals surface area contributed by atoms with Gasteiger partial charge in [0.15, 0.2) is 5.16 Å². The molecule has 1 amide bonds. The summed E-state index contributed by atoms with van der Waals surface area (Å²) in [7, 11) is 0. The molecule has 7 heteroatoms. The van der Waals surface area contributed by atoms with Crippen molar-refractivity contribution in [2.45, 2.75) is 24.4 Å². The second kappa shape index (κ2) is 9.45. The minimum atomic E-state index is -0.217. The number of nitrogens with zero attached hydrogens (tertiary/aromatic N) is 4. The van der Waals surface area contributed by atoms with Crippen LogP contribution in [0.25, 0.3) is 0 Å². The number of para-hydroxylation sites is 2. The lowest BCUT2D eigenvalue weighted by molar-refractivity contribution is -0.117. The molecule has 0 bridgehead atoms. The molecule has 0 spiro atoms. The number of hydrogen-bond donors (Lipinski definition) is 1. The van der Waals surface area contributed by atoms with Crippen molar-refractivity contribution in [1.29, 1.82) is 0 Å². The highest BCUT2D eigenvalue weighted by Gasteiger charge is 2.27. The van der Waals surface area contributed by atoms with Gasteiger partial charge in [0, 0.05) is 18.1 Å². The molecule has 6 nitrogen and oxygen atoms in total. The van der Waals surface area contributed by atoms with Gasteiger partial charge in [-0.15, -0.1) is 0 Å². The number of amides is 1. The van der Waals surface area contributed by atoms with Crippen LogP contribution in [0.1, 0.15) is 24.8 Å². The van der Waals surface area contributed by atoms with Crippen molar-refractivity contribution in [2.75, 3.05) is 5.75 Å². The number of thioether (sulfide) groups is 1. The Hall–Kier alpha value is -3.32. The molecule has 1 unspecified atom stereocenters. The summed E-state index contributed by atoms with van der Waals surface area (Å²) in [5.41, 5.74) is 3.57. The fourth-order valence-electron chi connectivity index (χ4n) is 3.27. The van der Waals surface area contributed by atoms with Gasteiger partial charge in [-0.2, -0.15) is 0 Å². The van der Waals surface area contributed by atoms with Crippen LogP contribution in [0.3, 0.4) is 0 Å². The van der Waals surface area contributed by atoms with Gasteiger partial charge in [0.1, 0.15) is 5.84 Å². The quantitative estimate of drug-likeness (QED) is 0.484. The number of carbonyl (C=O) groups is 1. The fourth-order valence-corrected chi connectivity index (χ4v) is 3.88. The molecule has 4 rings (SSSR count). The Labute approximate surface area is 179 Å². The first-order valence-electron chi connectivity index (χ1n) is 9.74. The lowest BCUT2D eigenvalue weighted by Gasteiger charge is -2.20. The first-order valence-corrected chi connectivity index (χ1v) is 10.7. The van der Waals surface area contributed by atoms with Crippen LogP contribution in [-0.4, -0.2) is 33.2 Å². The smallest absolute Gasteiger partial charge is 0.235 e. The van der Waals surface area contributed by atoms with Crippen LogP contribution in [0.5, 0.6) is 0 Å². The number of benzene rings is 2. The van der Waals surface area contributed by atoms with Crippen molar-refractivity contribution < 1.29 is 4.79 Å². The van der Waals surface area contributed by atoms with Gasteiger partial charge in [-0.05, 0) is 30.2 Å². The summed E-state index contributed by atoms with van der Waals surface area (Å²) < 4.78 is 0. The third-order valence-electron chi connectivity index (χ3n) is 4.63. The summed E-state index contributed by atoms with van der Waals surface area (Å²) in [6, 6.07) is 19.5. The highest BCUT2D eigenvalue weighted by atomic mass is 32.2. The van der Waals surface area contributed by atoms with Crippen molar-refractivity contribution in [3.63, 3.8) is 0 Å². The van der Waals surface area contributed by atoms with Gasteiger partial charge in [0.25, 0.3) is 0 Å². The summed E-state index contributed by atoms with van der Waals surface area (Å²) in [6.07, 6.45) is 4.07. The van der Waals surface area contributed by atoms with E-state index in [9.17, 15) is 4.79 Å². The van der Waals surface area contributed by atoms with E-state index in [1.54, 1.807) is 18.5 Å². The van der Waals surface area contributed by atoms with Crippen molar-refractivity contribution in [1.82, 2.24) is 15.3 Å². The number of fused-ring (bicyclic) bond motifs is 1. The van der Waals surface area contributed by atoms with Crippen LogP contribution in [0.15, 0.2) is 88.2 Å². The number of rotatable bonds is 5. The molecule has 0 fully saturated rings. The average Bonchev–Trinajstić information content (AvgIpc) is 2.95. The number of aromatic nitrogens is 2. The van der Waals surface area contributed by atoms with E-state index in [1.165, 1.54) is 11.8 Å². The maximum atomic E-state index is 12.8. The Morgan fingerprint density at radius 1 is 0.933 bits per heavy atom. The maximum Gasteiger partial charge on any atom is 0.235 e. The third-order valence-corrected chi connectivity index (χ3v) is 5.51. The zero-order valence-electron chi connectivity index (χ0n) is 16.5. The minimum Gasteiger partial charge on any atom is -0.313 e. The normalized spacial score (nSPS) is 15.4. The zero-order chi connectivity index (χ0) is 20.8. The van der Waals surface area contributed by atoms with Gasteiger partial charge in [0.2, 0.25) is 5.91 Å². The fraction of sp³-hybridized carbons (Fsp3) is 0.174. The van der Waals surface area contributed by atoms with Gasteiger partial charge in [-0.25, -0.2) is 15.0 Å². The highest BCUT2D eigenvalue weighted by Crippen LogP contribution is 2.35. The molecule has 1 aromatic heterocycles. The molecule has 30 heavy (non-hydrogen) atoms. The summed E-state index contributed by atoms with van der Waals surface area (Å²) in [5, 5.41) is 3.60. The van der Waals surface area contributed by atoms with E-state index in [0.29, 0.717) is 11.0 Å². The van der Waals surface area contributed by atoms with E-state index in [-0.39, 0.29) is 17.6 Å². The number of carbonyl (C=O) groups excluding carboxylic acids is 1. The molecule has 0 aliphatic carbocycles. The monoisotopic (exact) mass is 415 g/mol. The second-order valence-electron chi connectivity index (χ2n) is 6.65. The van der Waals surface area contributed by atoms with E-state index < -0.39 is 0 Å². The molecule has 150 valence electrons. The molecular formula is C23H21N5OS. The van der Waals surface area contributed by atoms with Crippen molar-refractivity contribution >= 4 is 40.6 Å². The topological polar surface area (TPSA) is 79.6 Å². The Bertz CT molecular complexity index is 1080. The summed E-state index contributed by atoms with van der Waals surface area (Å²) in [6.45, 7) is 2.07. The second-order valence-corrected chi connectivity index (χ2v) is 7.60. The summed E-state index contributed by atoms with van der Waals surface area (Å²) in [5.74, 6) is 0.420. The van der Waals surface area contributed by atoms with E-state index >= 15 is 0 Å². The van der Waals surface area contributed by atoms with Gasteiger partial charge in [-0.1, -0.05) is 61.2 Å². The van der Waals surface area contributed by atoms with Crippen molar-refractivity contribution in [2.24, 2.45) is 9.98 Å². The lowest BCUT2D eigenvalue weighted by Crippen LogP contribution is -2.38. The van der Waals surface area contributed by atoms with E-state index in [1.807, 2.05) is 54.6 Å². The van der Waals surface area contributed by atoms with Crippen LogP contribution in [-0.2, 0) is 4.79 Å². The Kier molecular flexibility index (Phi) is 6.29. The zero-order valence-corrected chi connectivity index (χ0v) is 17.3. The molecule has 3 aromatic rings. The molecule has 2 aromatic carbocycles. The standard InChI is InChI=1S/C23H21N5OS/c1-2-17-21(16-9-4-3-5-10-16)22(27-19-12-7-6-11-18(19)26-17)28-20(29)15-30-23-24-13-8-14-25-23/h3-14,21H,2,15H2,1H3,(H,27,28,29). The molecule has 0 saturated carbocycles. The lowest BCUT2D eigenvalue weighted by atomic mass is 9.91. The van der Waals surface area contributed by atoms with E-state index in [4.69, 9.17) is 9.98 Å². The number of amidine groups is 1. The van der Waals surface area contributed by atoms with Crippen LogP contribution >= 0.6 is 11.8 Å². The summed E-state index contributed by atoms with van der Waals surface area (Å²) in [4.78, 5) is 30.8. The number of hydrogen-bond acceptors (Lipinski definition) is 6. The SMILES string of the molecule is CCC1=Nc2ccccc2N=C(NC(=O)CSc2ncccn2)C1c1ccccc1. The molecule has 1 atom stereocenters. The Morgan fingerprint density at radius 3 is 2.30 bits per heavy atom. The molecule has 1 aliphatic rings. The van der Waals surface area contributed by atoms with Crippen molar-refractivity contribution in [3.8, 4) is 0 Å². The van der Waals surface area contributed by atoms with Crippen LogP contribution in [0, 0.1) is 0 Å². The van der Waals surface area contributed by atoms with Crippen LogP contribution in [0.4, 0.5) is 11.4 Å². The van der Waals surface area contributed by atoms with Crippen LogP contribution in [0.2, 0.25) is 0 Å². The first-order chi connectivity index (χ1) is 14.7. The molecular weight excluding hydrogens is 394 g/mol. The van der Waals surface area contributed by atoms with Gasteiger partial charge in [-0.3, -0.25) is 9.79 Å². The predicted molar refractivity (Wildman–Crippen MR) is 121 cm³/mol. The summed E-state index contributed by atoms with van der Waals surface area (Å²) >= 11 is 1.29. The van der Waals surface area contributed by atoms with E-state index in [0.717, 1.165) is 29.1 Å². The molecule has 0 saturated heterocycles.